The van der Waals surface area contributed by atoms with E-state index in [0.717, 1.165) is 67.5 Å². The summed E-state index contributed by atoms with van der Waals surface area (Å²) in [4.78, 5) is 4.77. The van der Waals surface area contributed by atoms with E-state index in [1.807, 2.05) is 25.1 Å². The standard InChI is InChI=1S/C16H21ClN2O2/c1-2-20-9-4-8-19-14-11-12(17)6-7-13(14)18-16(19)15-5-3-10-21-15/h6-7,11,15H,2-5,8-10H2,1H3. The molecule has 0 N–H and O–H groups in total. The van der Waals surface area contributed by atoms with Gasteiger partial charge in [0, 0.05) is 31.4 Å². The monoisotopic (exact) mass is 308 g/mol. The van der Waals surface area contributed by atoms with Crippen LogP contribution in [-0.2, 0) is 16.0 Å². The van der Waals surface area contributed by atoms with Gasteiger partial charge in [-0.15, -0.1) is 0 Å². The van der Waals surface area contributed by atoms with Crippen LogP contribution in [0.1, 0.15) is 38.1 Å². The van der Waals surface area contributed by atoms with Gasteiger partial charge in [0.15, 0.2) is 0 Å². The molecular formula is C16H21ClN2O2. The number of fused-ring (bicyclic) bond motifs is 1. The third-order valence-electron chi connectivity index (χ3n) is 3.83. The number of hydrogen-bond donors (Lipinski definition) is 0. The van der Waals surface area contributed by atoms with Crippen molar-refractivity contribution in [2.45, 2.75) is 38.8 Å². The Morgan fingerprint density at radius 1 is 1.48 bits per heavy atom. The van der Waals surface area contributed by atoms with E-state index in [4.69, 9.17) is 26.1 Å². The summed E-state index contributed by atoms with van der Waals surface area (Å²) in [5, 5.41) is 0.743. The van der Waals surface area contributed by atoms with Crippen molar-refractivity contribution in [3.05, 3.63) is 29.0 Å². The Labute approximate surface area is 130 Å². The lowest BCUT2D eigenvalue weighted by molar-refractivity contribution is 0.101. The van der Waals surface area contributed by atoms with Gasteiger partial charge in [0.25, 0.3) is 0 Å². The number of imidazole rings is 1. The molecule has 0 radical (unpaired) electrons. The Bertz CT molecular complexity index is 606. The molecule has 3 rings (SSSR count). The Kier molecular flexibility index (Phi) is 4.78. The van der Waals surface area contributed by atoms with Gasteiger partial charge in [-0.1, -0.05) is 11.6 Å². The lowest BCUT2D eigenvalue weighted by atomic mass is 10.2. The van der Waals surface area contributed by atoms with Gasteiger partial charge in [0.1, 0.15) is 11.9 Å². The van der Waals surface area contributed by atoms with E-state index in [2.05, 4.69) is 4.57 Å². The summed E-state index contributed by atoms with van der Waals surface area (Å²) in [5.74, 6) is 1.03. The third-order valence-corrected chi connectivity index (χ3v) is 4.07. The van der Waals surface area contributed by atoms with Gasteiger partial charge in [-0.3, -0.25) is 0 Å². The van der Waals surface area contributed by atoms with Gasteiger partial charge in [0.05, 0.1) is 11.0 Å². The second-order valence-electron chi connectivity index (χ2n) is 5.31. The van der Waals surface area contributed by atoms with Crippen LogP contribution in [0.2, 0.25) is 5.02 Å². The number of hydrogen-bond acceptors (Lipinski definition) is 3. The molecule has 4 nitrogen and oxygen atoms in total. The van der Waals surface area contributed by atoms with Crippen LogP contribution in [-0.4, -0.2) is 29.4 Å². The van der Waals surface area contributed by atoms with Crippen LogP contribution in [0, 0.1) is 0 Å². The van der Waals surface area contributed by atoms with Crippen LogP contribution in [0.4, 0.5) is 0 Å². The van der Waals surface area contributed by atoms with Gasteiger partial charge in [0.2, 0.25) is 0 Å². The maximum absolute atomic E-state index is 6.15. The van der Waals surface area contributed by atoms with E-state index in [0.29, 0.717) is 0 Å². The number of aryl methyl sites for hydroxylation is 1. The van der Waals surface area contributed by atoms with E-state index in [-0.39, 0.29) is 6.10 Å². The molecule has 2 aromatic rings. The molecule has 114 valence electrons. The van der Waals surface area contributed by atoms with Crippen molar-refractivity contribution in [1.29, 1.82) is 0 Å². The van der Waals surface area contributed by atoms with Gasteiger partial charge in [-0.05, 0) is 44.4 Å². The fourth-order valence-corrected chi connectivity index (χ4v) is 3.01. The first-order valence-corrected chi connectivity index (χ1v) is 8.02. The fourth-order valence-electron chi connectivity index (χ4n) is 2.85. The highest BCUT2D eigenvalue weighted by molar-refractivity contribution is 6.31. The van der Waals surface area contributed by atoms with E-state index in [1.54, 1.807) is 0 Å². The quantitative estimate of drug-likeness (QED) is 0.758. The smallest absolute Gasteiger partial charge is 0.139 e. The molecule has 1 fully saturated rings. The SMILES string of the molecule is CCOCCCn1c(C2CCCO2)nc2ccc(Cl)cc21. The molecule has 1 aliphatic heterocycles. The van der Waals surface area contributed by atoms with Crippen LogP contribution in [0.3, 0.4) is 0 Å². The molecule has 5 heteroatoms. The van der Waals surface area contributed by atoms with Crippen LogP contribution >= 0.6 is 11.6 Å². The van der Waals surface area contributed by atoms with E-state index >= 15 is 0 Å². The second kappa shape index (κ2) is 6.77. The summed E-state index contributed by atoms with van der Waals surface area (Å²) in [6.45, 7) is 5.25. The molecule has 1 aliphatic rings. The summed E-state index contributed by atoms with van der Waals surface area (Å²) in [6.07, 6.45) is 3.23. The molecule has 0 amide bonds. The van der Waals surface area contributed by atoms with Crippen LogP contribution < -0.4 is 0 Å². The zero-order valence-electron chi connectivity index (χ0n) is 12.3. The molecule has 0 aliphatic carbocycles. The first-order chi connectivity index (χ1) is 10.3. The highest BCUT2D eigenvalue weighted by atomic mass is 35.5. The first-order valence-electron chi connectivity index (χ1n) is 7.64. The number of halogens is 1. The number of rotatable bonds is 6. The lowest BCUT2D eigenvalue weighted by Gasteiger charge is -2.13. The Morgan fingerprint density at radius 2 is 2.38 bits per heavy atom. The topological polar surface area (TPSA) is 36.3 Å². The molecule has 21 heavy (non-hydrogen) atoms. The van der Waals surface area contributed by atoms with Crippen LogP contribution in [0.15, 0.2) is 18.2 Å². The van der Waals surface area contributed by atoms with Crippen molar-refractivity contribution in [2.24, 2.45) is 0 Å². The van der Waals surface area contributed by atoms with Crippen molar-refractivity contribution >= 4 is 22.6 Å². The minimum absolute atomic E-state index is 0.114. The predicted octanol–water partition coefficient (Wildman–Crippen LogP) is 3.97. The molecule has 0 spiro atoms. The van der Waals surface area contributed by atoms with Gasteiger partial charge in [-0.2, -0.15) is 0 Å². The average molecular weight is 309 g/mol. The number of nitrogens with zero attached hydrogens (tertiary/aromatic N) is 2. The normalized spacial score (nSPS) is 18.7. The molecule has 1 atom stereocenters. The number of aromatic nitrogens is 2. The third kappa shape index (κ3) is 3.23. The molecule has 2 heterocycles. The average Bonchev–Trinajstić information content (AvgIpc) is 3.11. The van der Waals surface area contributed by atoms with Crippen LogP contribution in [0.5, 0.6) is 0 Å². The minimum Gasteiger partial charge on any atom is -0.382 e. The second-order valence-corrected chi connectivity index (χ2v) is 5.74. The summed E-state index contributed by atoms with van der Waals surface area (Å²) in [6, 6.07) is 5.86. The number of benzene rings is 1. The largest absolute Gasteiger partial charge is 0.382 e. The van der Waals surface area contributed by atoms with Gasteiger partial charge < -0.3 is 14.0 Å². The molecular weight excluding hydrogens is 288 g/mol. The maximum Gasteiger partial charge on any atom is 0.139 e. The van der Waals surface area contributed by atoms with Crippen molar-refractivity contribution in [1.82, 2.24) is 9.55 Å². The van der Waals surface area contributed by atoms with Gasteiger partial charge >= 0.3 is 0 Å². The minimum atomic E-state index is 0.114. The first kappa shape index (κ1) is 14.8. The lowest BCUT2D eigenvalue weighted by Crippen LogP contribution is -2.10. The molecule has 0 bridgehead atoms. The van der Waals surface area contributed by atoms with Crippen LogP contribution in [0.25, 0.3) is 11.0 Å². The zero-order valence-corrected chi connectivity index (χ0v) is 13.1. The van der Waals surface area contributed by atoms with Crippen molar-refractivity contribution < 1.29 is 9.47 Å². The number of ether oxygens (including phenoxy) is 2. The van der Waals surface area contributed by atoms with Crippen molar-refractivity contribution in [3.8, 4) is 0 Å². The molecule has 1 aromatic heterocycles. The maximum atomic E-state index is 6.15. The highest BCUT2D eigenvalue weighted by Crippen LogP contribution is 2.31. The van der Waals surface area contributed by atoms with Gasteiger partial charge in [-0.25, -0.2) is 4.98 Å². The van der Waals surface area contributed by atoms with Crippen molar-refractivity contribution in [3.63, 3.8) is 0 Å². The molecule has 1 aromatic carbocycles. The molecule has 1 saturated heterocycles. The van der Waals surface area contributed by atoms with E-state index in [9.17, 15) is 0 Å². The summed E-state index contributed by atoms with van der Waals surface area (Å²) >= 11 is 6.15. The fraction of sp³-hybridized carbons (Fsp3) is 0.562. The molecule has 1 unspecified atom stereocenters. The van der Waals surface area contributed by atoms with E-state index < -0.39 is 0 Å². The summed E-state index contributed by atoms with van der Waals surface area (Å²) in [5.41, 5.74) is 2.07. The summed E-state index contributed by atoms with van der Waals surface area (Å²) < 4.78 is 13.5. The Morgan fingerprint density at radius 3 is 3.14 bits per heavy atom. The van der Waals surface area contributed by atoms with E-state index in [1.165, 1.54) is 0 Å². The predicted molar refractivity (Wildman–Crippen MR) is 83.8 cm³/mol. The van der Waals surface area contributed by atoms with Crippen molar-refractivity contribution in [2.75, 3.05) is 19.8 Å². The summed E-state index contributed by atoms with van der Waals surface area (Å²) in [7, 11) is 0. The highest BCUT2D eigenvalue weighted by Gasteiger charge is 2.24. The Hall–Kier alpha value is -1.10. The zero-order chi connectivity index (χ0) is 14.7. The Balaban J connectivity index is 1.91. The molecule has 0 saturated carbocycles.